The predicted octanol–water partition coefficient (Wildman–Crippen LogP) is 14.0. The molecule has 1 aliphatic rings. The Morgan fingerprint density at radius 2 is 1.19 bits per heavy atom. The molecule has 0 saturated carbocycles. The summed E-state index contributed by atoms with van der Waals surface area (Å²) in [6, 6.07) is 57.4. The highest BCUT2D eigenvalue weighted by Crippen LogP contribution is 2.44. The average molecular weight is 695 g/mol. The Hall–Kier alpha value is -6.29. The zero-order chi connectivity index (χ0) is 35.0. The van der Waals surface area contributed by atoms with E-state index in [0.29, 0.717) is 0 Å². The second kappa shape index (κ2) is 11.9. The zero-order valence-electron chi connectivity index (χ0n) is 29.2. The molecule has 1 aliphatic carbocycles. The molecule has 3 aromatic heterocycles. The van der Waals surface area contributed by atoms with Gasteiger partial charge in [-0.2, -0.15) is 0 Å². The van der Waals surface area contributed by atoms with Crippen LogP contribution in [0.25, 0.3) is 91.7 Å². The van der Waals surface area contributed by atoms with Crippen LogP contribution in [0.1, 0.15) is 18.4 Å². The number of rotatable bonds is 4. The Morgan fingerprint density at radius 1 is 0.566 bits per heavy atom. The van der Waals surface area contributed by atoms with E-state index in [1.807, 2.05) is 11.3 Å². The number of fused-ring (bicyclic) bond motifs is 10. The molecule has 2 nitrogen and oxygen atoms in total. The van der Waals surface area contributed by atoms with Crippen LogP contribution < -0.4 is 0 Å². The van der Waals surface area contributed by atoms with Crippen molar-refractivity contribution in [2.24, 2.45) is 5.92 Å². The quantitative estimate of drug-likeness (QED) is 0.179. The minimum atomic E-state index is 0.194. The molecule has 0 saturated heterocycles. The number of nitrogens with zero attached hydrogens (tertiary/aromatic N) is 2. The van der Waals surface area contributed by atoms with E-state index in [2.05, 4.69) is 187 Å². The zero-order valence-corrected chi connectivity index (χ0v) is 30.0. The van der Waals surface area contributed by atoms with E-state index in [1.165, 1.54) is 80.3 Å². The summed E-state index contributed by atoms with van der Waals surface area (Å²) in [5, 5.41) is 10.4. The highest BCUT2D eigenvalue weighted by Gasteiger charge is 2.25. The summed E-state index contributed by atoms with van der Waals surface area (Å²) in [5.41, 5.74) is 9.33. The summed E-state index contributed by atoms with van der Waals surface area (Å²) in [4.78, 5) is 5.35. The molecular weight excluding hydrogens is 661 g/mol. The Balaban J connectivity index is 1.08. The number of thiophene rings is 1. The van der Waals surface area contributed by atoms with Crippen molar-refractivity contribution in [1.82, 2.24) is 9.55 Å². The van der Waals surface area contributed by atoms with Crippen molar-refractivity contribution in [3.8, 4) is 22.5 Å². The molecule has 3 heterocycles. The average Bonchev–Trinajstić information content (AvgIpc) is 3.77. The molecule has 7 aromatic carbocycles. The van der Waals surface area contributed by atoms with Crippen molar-refractivity contribution in [1.29, 1.82) is 0 Å². The first-order valence-electron chi connectivity index (χ1n) is 18.4. The number of hydrogen-bond acceptors (Lipinski definition) is 2. The van der Waals surface area contributed by atoms with Crippen LogP contribution in [0.15, 0.2) is 176 Å². The van der Waals surface area contributed by atoms with Gasteiger partial charge in [0.15, 0.2) is 0 Å². The van der Waals surface area contributed by atoms with E-state index in [-0.39, 0.29) is 11.8 Å². The van der Waals surface area contributed by atoms with Crippen molar-refractivity contribution in [3.63, 3.8) is 0 Å². The monoisotopic (exact) mass is 694 g/mol. The maximum Gasteiger partial charge on any atom is 0.0726 e. The molecule has 0 spiro atoms. The number of pyridine rings is 1. The number of allylic oxidation sites excluding steroid dienone is 4. The molecule has 10 aromatic rings. The lowest BCUT2D eigenvalue weighted by Gasteiger charge is -2.25. The summed E-state index contributed by atoms with van der Waals surface area (Å²) in [7, 11) is 0. The molecule has 0 radical (unpaired) electrons. The lowest BCUT2D eigenvalue weighted by atomic mass is 9.82. The van der Waals surface area contributed by atoms with Gasteiger partial charge in [-0.3, -0.25) is 0 Å². The first-order chi connectivity index (χ1) is 26.2. The van der Waals surface area contributed by atoms with E-state index in [0.717, 1.165) is 17.0 Å². The van der Waals surface area contributed by atoms with Crippen LogP contribution in [0.2, 0.25) is 0 Å². The van der Waals surface area contributed by atoms with E-state index in [1.54, 1.807) is 0 Å². The highest BCUT2D eigenvalue weighted by molar-refractivity contribution is 7.26. The first kappa shape index (κ1) is 30.3. The van der Waals surface area contributed by atoms with Gasteiger partial charge in [0.25, 0.3) is 0 Å². The minimum Gasteiger partial charge on any atom is -0.310 e. The maximum atomic E-state index is 5.35. The molecule has 0 aliphatic heterocycles. The van der Waals surface area contributed by atoms with E-state index in [9.17, 15) is 0 Å². The van der Waals surface area contributed by atoms with Gasteiger partial charge in [-0.05, 0) is 69.4 Å². The Bertz CT molecular complexity index is 3050. The standard InChI is InChI=1S/C50H34N2S/c1-31-28-36(52-45-26-22-32-12-5-7-16-38(32)48(45)49-39-17-8-6-13-33(39)23-27-46(49)52)24-25-37(31)35-29-43(34-14-3-2-4-15-34)51-44(30-35)42-20-11-19-41-40-18-9-10-21-47(40)53-50(41)42/h2-31,37H,1H3. The second-order valence-electron chi connectivity index (χ2n) is 14.4. The maximum absolute atomic E-state index is 5.35. The Morgan fingerprint density at radius 3 is 1.91 bits per heavy atom. The summed E-state index contributed by atoms with van der Waals surface area (Å²) < 4.78 is 5.09. The molecule has 11 rings (SSSR count). The summed E-state index contributed by atoms with van der Waals surface area (Å²) in [6.45, 7) is 2.36. The fourth-order valence-electron chi connectivity index (χ4n) is 8.78. The predicted molar refractivity (Wildman–Crippen MR) is 228 cm³/mol. The van der Waals surface area contributed by atoms with Crippen LogP contribution in [0.4, 0.5) is 0 Å². The lowest BCUT2D eigenvalue weighted by molar-refractivity contribution is 0.634. The van der Waals surface area contributed by atoms with Crippen molar-refractivity contribution in [2.45, 2.75) is 12.8 Å². The van der Waals surface area contributed by atoms with Gasteiger partial charge < -0.3 is 4.57 Å². The molecule has 250 valence electrons. The highest BCUT2D eigenvalue weighted by atomic mass is 32.1. The van der Waals surface area contributed by atoms with Gasteiger partial charge in [0.05, 0.1) is 22.4 Å². The van der Waals surface area contributed by atoms with Crippen LogP contribution in [-0.2, 0) is 0 Å². The minimum absolute atomic E-state index is 0.194. The van der Waals surface area contributed by atoms with E-state index < -0.39 is 0 Å². The van der Waals surface area contributed by atoms with Crippen LogP contribution in [0.3, 0.4) is 0 Å². The van der Waals surface area contributed by atoms with Crippen molar-refractivity contribution in [2.75, 3.05) is 0 Å². The SMILES string of the molecule is CC1C=C(n2c3ccc4ccccc4c3c3c4ccccc4ccc32)C=CC1c1cc(-c2ccccc2)nc(-c2cccc3c2sc2ccccc23)c1. The van der Waals surface area contributed by atoms with Crippen molar-refractivity contribution < 1.29 is 0 Å². The van der Waals surface area contributed by atoms with Gasteiger partial charge in [0.1, 0.15) is 0 Å². The molecular formula is C50H34N2S. The number of benzene rings is 7. The summed E-state index contributed by atoms with van der Waals surface area (Å²) in [6.07, 6.45) is 7.25. The van der Waals surface area contributed by atoms with Crippen molar-refractivity contribution in [3.05, 3.63) is 182 Å². The molecule has 53 heavy (non-hydrogen) atoms. The Labute approximate surface area is 311 Å². The molecule has 2 unspecified atom stereocenters. The smallest absolute Gasteiger partial charge is 0.0726 e. The van der Waals surface area contributed by atoms with Gasteiger partial charge in [-0.1, -0.05) is 146 Å². The van der Waals surface area contributed by atoms with Crippen LogP contribution >= 0.6 is 11.3 Å². The normalized spacial score (nSPS) is 16.1. The largest absolute Gasteiger partial charge is 0.310 e. The lowest BCUT2D eigenvalue weighted by Crippen LogP contribution is -2.12. The van der Waals surface area contributed by atoms with Crippen LogP contribution in [-0.4, -0.2) is 9.55 Å². The number of hydrogen-bond donors (Lipinski definition) is 0. The van der Waals surface area contributed by atoms with E-state index in [4.69, 9.17) is 4.98 Å². The molecule has 0 bridgehead atoms. The molecule has 0 amide bonds. The van der Waals surface area contributed by atoms with Gasteiger partial charge in [0.2, 0.25) is 0 Å². The summed E-state index contributed by atoms with van der Waals surface area (Å²) in [5.74, 6) is 0.446. The molecule has 0 fully saturated rings. The van der Waals surface area contributed by atoms with Gasteiger partial charge in [-0.15, -0.1) is 11.3 Å². The van der Waals surface area contributed by atoms with Crippen LogP contribution in [0, 0.1) is 5.92 Å². The van der Waals surface area contributed by atoms with Gasteiger partial charge >= 0.3 is 0 Å². The third-order valence-electron chi connectivity index (χ3n) is 11.3. The third-order valence-corrected chi connectivity index (χ3v) is 12.5. The molecule has 0 N–H and O–H groups in total. The second-order valence-corrected chi connectivity index (χ2v) is 15.4. The van der Waals surface area contributed by atoms with Gasteiger partial charge in [0, 0.05) is 53.7 Å². The summed E-state index contributed by atoms with van der Waals surface area (Å²) >= 11 is 1.86. The third kappa shape index (κ3) is 4.74. The molecule has 3 heteroatoms. The van der Waals surface area contributed by atoms with Crippen molar-refractivity contribution >= 4 is 80.6 Å². The topological polar surface area (TPSA) is 17.8 Å². The Kier molecular flexibility index (Phi) is 6.80. The van der Waals surface area contributed by atoms with Crippen LogP contribution in [0.5, 0.6) is 0 Å². The number of aromatic nitrogens is 2. The molecule has 2 atom stereocenters. The fourth-order valence-corrected chi connectivity index (χ4v) is 10.0. The fraction of sp³-hybridized carbons (Fsp3) is 0.0600. The van der Waals surface area contributed by atoms with E-state index >= 15 is 0 Å². The van der Waals surface area contributed by atoms with Gasteiger partial charge in [-0.25, -0.2) is 4.98 Å². The first-order valence-corrected chi connectivity index (χ1v) is 19.2.